The van der Waals surface area contributed by atoms with Gasteiger partial charge in [0, 0.05) is 22.5 Å². The second kappa shape index (κ2) is 13.9. The number of hydrogen-bond donors (Lipinski definition) is 2. The van der Waals surface area contributed by atoms with Gasteiger partial charge in [0.15, 0.2) is 0 Å². The molecule has 1 aliphatic heterocycles. The average molecular weight is 609 g/mol. The normalized spacial score (nSPS) is 20.5. The Morgan fingerprint density at radius 2 is 1.29 bits per heavy atom. The summed E-state index contributed by atoms with van der Waals surface area (Å²) in [5.41, 5.74) is 4.90. The predicted molar refractivity (Wildman–Crippen MR) is 185 cm³/mol. The van der Waals surface area contributed by atoms with Crippen LogP contribution in [0.15, 0.2) is 66.7 Å². The molecule has 3 aromatic carbocycles. The monoisotopic (exact) mass is 608 g/mol. The molecule has 0 aromatic heterocycles. The Morgan fingerprint density at radius 3 is 1.84 bits per heavy atom. The smallest absolute Gasteiger partial charge is 0.399 e. The van der Waals surface area contributed by atoms with Crippen molar-refractivity contribution >= 4 is 35.8 Å². The van der Waals surface area contributed by atoms with Crippen molar-refractivity contribution in [2.24, 2.45) is 5.92 Å². The van der Waals surface area contributed by atoms with E-state index in [9.17, 15) is 9.59 Å². The number of nitrogens with one attached hydrogen (secondary N) is 2. The number of anilines is 2. The van der Waals surface area contributed by atoms with Crippen LogP contribution in [-0.2, 0) is 9.31 Å². The van der Waals surface area contributed by atoms with Crippen molar-refractivity contribution in [2.75, 3.05) is 10.6 Å². The van der Waals surface area contributed by atoms with Gasteiger partial charge in [0.25, 0.3) is 11.8 Å². The minimum atomic E-state index is -0.453. The predicted octanol–water partition coefficient (Wildman–Crippen LogP) is 8.65. The molecule has 2 fully saturated rings. The lowest BCUT2D eigenvalue weighted by Gasteiger charge is -2.32. The van der Waals surface area contributed by atoms with Gasteiger partial charge in [-0.2, -0.15) is 0 Å². The third-order valence-corrected chi connectivity index (χ3v) is 10.1. The maximum absolute atomic E-state index is 13.0. The van der Waals surface area contributed by atoms with E-state index in [1.807, 2.05) is 65.0 Å². The molecule has 2 amide bonds. The molecule has 0 unspecified atom stereocenters. The zero-order valence-corrected chi connectivity index (χ0v) is 27.9. The van der Waals surface area contributed by atoms with E-state index in [1.54, 1.807) is 24.3 Å². The Hall–Kier alpha value is -3.42. The number of benzene rings is 3. The van der Waals surface area contributed by atoms with Crippen molar-refractivity contribution < 1.29 is 18.9 Å². The van der Waals surface area contributed by atoms with E-state index in [1.165, 1.54) is 56.9 Å². The lowest BCUT2D eigenvalue weighted by atomic mass is 9.76. The quantitative estimate of drug-likeness (QED) is 0.178. The van der Waals surface area contributed by atoms with Crippen LogP contribution < -0.4 is 16.1 Å². The van der Waals surface area contributed by atoms with Crippen LogP contribution in [0.4, 0.5) is 11.4 Å². The summed E-state index contributed by atoms with van der Waals surface area (Å²) >= 11 is 0. The topological polar surface area (TPSA) is 76.7 Å². The van der Waals surface area contributed by atoms with Crippen molar-refractivity contribution in [1.29, 1.82) is 0 Å². The lowest BCUT2D eigenvalue weighted by molar-refractivity contribution is 0.00578. The van der Waals surface area contributed by atoms with E-state index in [0.717, 1.165) is 16.9 Å². The number of rotatable bonds is 10. The van der Waals surface area contributed by atoms with Gasteiger partial charge in [-0.05, 0) is 137 Å². The van der Waals surface area contributed by atoms with Gasteiger partial charge < -0.3 is 19.9 Å². The van der Waals surface area contributed by atoms with Crippen LogP contribution in [0.2, 0.25) is 0 Å². The van der Waals surface area contributed by atoms with E-state index in [2.05, 4.69) is 29.7 Å². The molecule has 7 heteroatoms. The molecule has 2 N–H and O–H groups in total. The van der Waals surface area contributed by atoms with E-state index >= 15 is 0 Å². The highest BCUT2D eigenvalue weighted by Gasteiger charge is 2.52. The van der Waals surface area contributed by atoms with Crippen molar-refractivity contribution in [1.82, 2.24) is 0 Å². The SMILES string of the molecule is CCCCC[C@H]1CC[C@H](c2ccc(C(=O)Nc3ccc(C(=O)Nc4ccc(B5OC(C)(C)C(C)(C)O5)c(C)c4)cc3)cc2)CC1. The number of unbranched alkanes of at least 4 members (excludes halogenated alkanes) is 2. The Bertz CT molecular complexity index is 1460. The van der Waals surface area contributed by atoms with Gasteiger partial charge in [0.05, 0.1) is 11.2 Å². The minimum Gasteiger partial charge on any atom is -0.399 e. The fourth-order valence-corrected chi connectivity index (χ4v) is 6.47. The first-order chi connectivity index (χ1) is 21.5. The van der Waals surface area contributed by atoms with Gasteiger partial charge in [-0.3, -0.25) is 9.59 Å². The van der Waals surface area contributed by atoms with Crippen molar-refractivity contribution in [3.63, 3.8) is 0 Å². The van der Waals surface area contributed by atoms with Gasteiger partial charge in [0.1, 0.15) is 0 Å². The molecule has 1 saturated heterocycles. The molecule has 1 heterocycles. The number of hydrogen-bond acceptors (Lipinski definition) is 4. The molecule has 5 rings (SSSR count). The van der Waals surface area contributed by atoms with Gasteiger partial charge in [-0.15, -0.1) is 0 Å². The number of aryl methyl sites for hydroxylation is 1. The summed E-state index contributed by atoms with van der Waals surface area (Å²) in [6.45, 7) is 12.4. The zero-order chi connectivity index (χ0) is 32.2. The summed E-state index contributed by atoms with van der Waals surface area (Å²) in [7, 11) is -0.453. The molecule has 1 saturated carbocycles. The van der Waals surface area contributed by atoms with Crippen molar-refractivity contribution in [3.05, 3.63) is 89.0 Å². The standard InChI is InChI=1S/C38H49BN2O4/c1-7-8-9-10-27-11-13-28(14-12-27)29-15-17-30(18-16-29)35(42)40-32-21-19-31(20-22-32)36(43)41-33-23-24-34(26(2)25-33)39-44-37(3,4)38(5,6)45-39/h15-25,27-28H,7-14H2,1-6H3,(H,40,42)(H,41,43)/t27-,28-. The zero-order valence-electron chi connectivity index (χ0n) is 27.9. The van der Waals surface area contributed by atoms with Crippen molar-refractivity contribution in [2.45, 2.75) is 110 Å². The third kappa shape index (κ3) is 7.88. The van der Waals surface area contributed by atoms with E-state index in [0.29, 0.717) is 28.4 Å². The first-order valence-electron chi connectivity index (χ1n) is 16.7. The van der Waals surface area contributed by atoms with Crippen LogP contribution in [0.1, 0.15) is 124 Å². The molecule has 238 valence electrons. The van der Waals surface area contributed by atoms with Crippen LogP contribution in [0.3, 0.4) is 0 Å². The fourth-order valence-electron chi connectivity index (χ4n) is 6.47. The molecule has 0 atom stereocenters. The molecule has 0 spiro atoms. The minimum absolute atomic E-state index is 0.157. The van der Waals surface area contributed by atoms with E-state index in [-0.39, 0.29) is 11.8 Å². The number of carbonyl (C=O) groups is 2. The molecule has 0 bridgehead atoms. The molecule has 3 aromatic rings. The highest BCUT2D eigenvalue weighted by atomic mass is 16.7. The maximum atomic E-state index is 13.0. The number of amides is 2. The Morgan fingerprint density at radius 1 is 0.756 bits per heavy atom. The summed E-state index contributed by atoms with van der Waals surface area (Å²) in [5.74, 6) is 1.11. The summed E-state index contributed by atoms with van der Waals surface area (Å²) < 4.78 is 12.4. The summed E-state index contributed by atoms with van der Waals surface area (Å²) in [6, 6.07) is 20.8. The van der Waals surface area contributed by atoms with Gasteiger partial charge >= 0.3 is 7.12 Å². The Labute approximate surface area is 269 Å². The highest BCUT2D eigenvalue weighted by molar-refractivity contribution is 6.62. The Kier molecular flexibility index (Phi) is 10.2. The van der Waals surface area contributed by atoms with Crippen LogP contribution in [0, 0.1) is 12.8 Å². The first-order valence-corrected chi connectivity index (χ1v) is 16.7. The van der Waals surface area contributed by atoms with E-state index < -0.39 is 18.3 Å². The maximum Gasteiger partial charge on any atom is 0.495 e. The van der Waals surface area contributed by atoms with Gasteiger partial charge in [0.2, 0.25) is 0 Å². The average Bonchev–Trinajstić information content (AvgIpc) is 3.24. The molecule has 2 aliphatic rings. The van der Waals surface area contributed by atoms with Crippen LogP contribution in [0.25, 0.3) is 0 Å². The van der Waals surface area contributed by atoms with Crippen LogP contribution >= 0.6 is 0 Å². The summed E-state index contributed by atoms with van der Waals surface area (Å²) in [6.07, 6.45) is 10.5. The number of carbonyl (C=O) groups excluding carboxylic acids is 2. The van der Waals surface area contributed by atoms with E-state index in [4.69, 9.17) is 9.31 Å². The first kappa shape index (κ1) is 33.0. The van der Waals surface area contributed by atoms with Crippen LogP contribution in [-0.4, -0.2) is 30.1 Å². The highest BCUT2D eigenvalue weighted by Crippen LogP contribution is 2.38. The molecule has 45 heavy (non-hydrogen) atoms. The van der Waals surface area contributed by atoms with Crippen molar-refractivity contribution in [3.8, 4) is 0 Å². The van der Waals surface area contributed by atoms with Gasteiger partial charge in [-0.1, -0.05) is 50.8 Å². The molecule has 6 nitrogen and oxygen atoms in total. The van der Waals surface area contributed by atoms with Gasteiger partial charge in [-0.25, -0.2) is 0 Å². The molecule has 1 aliphatic carbocycles. The van der Waals surface area contributed by atoms with Crippen LogP contribution in [0.5, 0.6) is 0 Å². The molecular formula is C38H49BN2O4. The Balaban J connectivity index is 1.12. The third-order valence-electron chi connectivity index (χ3n) is 10.1. The second-order valence-electron chi connectivity index (χ2n) is 14.0. The second-order valence-corrected chi connectivity index (χ2v) is 14.0. The largest absolute Gasteiger partial charge is 0.495 e. The molecular weight excluding hydrogens is 559 g/mol. The lowest BCUT2D eigenvalue weighted by Crippen LogP contribution is -2.41. The summed E-state index contributed by atoms with van der Waals surface area (Å²) in [5, 5.41) is 5.93. The fraction of sp³-hybridized carbons (Fsp3) is 0.474. The summed E-state index contributed by atoms with van der Waals surface area (Å²) in [4.78, 5) is 25.9. The molecule has 0 radical (unpaired) electrons.